The van der Waals surface area contributed by atoms with E-state index in [0.717, 1.165) is 29.7 Å². The number of hydrogen-bond donors (Lipinski definition) is 1. The van der Waals surface area contributed by atoms with Gasteiger partial charge in [0, 0.05) is 31.6 Å². The average molecular weight is 330 g/mol. The van der Waals surface area contributed by atoms with Gasteiger partial charge in [0.15, 0.2) is 0 Å². The molecule has 1 aliphatic rings. The van der Waals surface area contributed by atoms with Crippen molar-refractivity contribution >= 4 is 17.5 Å². The molecule has 1 aliphatic carbocycles. The molecule has 0 unspecified atom stereocenters. The average Bonchev–Trinajstić information content (AvgIpc) is 2.78. The molecule has 1 aromatic carbocycles. The maximum absolute atomic E-state index is 12.3. The van der Waals surface area contributed by atoms with Crippen molar-refractivity contribution in [2.24, 2.45) is 0 Å². The second kappa shape index (κ2) is 8.86. The Labute approximate surface area is 145 Å². The third kappa shape index (κ3) is 5.08. The van der Waals surface area contributed by atoms with Crippen molar-refractivity contribution in [1.82, 2.24) is 5.32 Å². The van der Waals surface area contributed by atoms with Crippen LogP contribution in [0, 0.1) is 13.8 Å². The van der Waals surface area contributed by atoms with Gasteiger partial charge in [-0.25, -0.2) is 0 Å². The van der Waals surface area contributed by atoms with E-state index in [1.165, 1.54) is 25.7 Å². The highest BCUT2D eigenvalue weighted by Gasteiger charge is 2.19. The van der Waals surface area contributed by atoms with Crippen LogP contribution in [0.3, 0.4) is 0 Å². The molecule has 0 aliphatic heterocycles. The summed E-state index contributed by atoms with van der Waals surface area (Å²) < 4.78 is 0. The maximum atomic E-state index is 12.3. The largest absolute Gasteiger partial charge is 0.353 e. The lowest BCUT2D eigenvalue weighted by Gasteiger charge is -2.25. The van der Waals surface area contributed by atoms with E-state index in [9.17, 15) is 9.59 Å². The predicted octanol–water partition coefficient (Wildman–Crippen LogP) is 3.89. The number of para-hydroxylation sites is 1. The standard InChI is InChI=1S/C20H30N2O2/c1-15-9-8-10-16(2)20(15)22(17(3)23)14-13-19(24)21-18-11-6-4-5-7-12-18/h8-10,18H,4-7,11-14H2,1-3H3,(H,21,24). The molecule has 0 bridgehead atoms. The molecule has 1 N–H and O–H groups in total. The summed E-state index contributed by atoms with van der Waals surface area (Å²) in [6.07, 6.45) is 7.47. The smallest absolute Gasteiger partial charge is 0.223 e. The summed E-state index contributed by atoms with van der Waals surface area (Å²) >= 11 is 0. The molecule has 24 heavy (non-hydrogen) atoms. The zero-order chi connectivity index (χ0) is 17.5. The minimum Gasteiger partial charge on any atom is -0.353 e. The molecule has 4 heteroatoms. The summed E-state index contributed by atoms with van der Waals surface area (Å²) in [7, 11) is 0. The van der Waals surface area contributed by atoms with Gasteiger partial charge in [0.1, 0.15) is 0 Å². The molecule has 0 spiro atoms. The van der Waals surface area contributed by atoms with Crippen molar-refractivity contribution in [3.63, 3.8) is 0 Å². The number of benzene rings is 1. The van der Waals surface area contributed by atoms with Crippen molar-refractivity contribution < 1.29 is 9.59 Å². The van der Waals surface area contributed by atoms with E-state index in [4.69, 9.17) is 0 Å². The first-order chi connectivity index (χ1) is 11.5. The topological polar surface area (TPSA) is 49.4 Å². The minimum absolute atomic E-state index is 0.0188. The van der Waals surface area contributed by atoms with Gasteiger partial charge in [-0.05, 0) is 37.8 Å². The number of hydrogen-bond acceptors (Lipinski definition) is 2. The monoisotopic (exact) mass is 330 g/mol. The highest BCUT2D eigenvalue weighted by molar-refractivity contribution is 5.94. The quantitative estimate of drug-likeness (QED) is 0.833. The van der Waals surface area contributed by atoms with Gasteiger partial charge < -0.3 is 10.2 Å². The summed E-state index contributed by atoms with van der Waals surface area (Å²) in [6, 6.07) is 6.31. The number of anilines is 1. The molecule has 0 radical (unpaired) electrons. The van der Waals surface area contributed by atoms with Crippen molar-refractivity contribution in [3.8, 4) is 0 Å². The van der Waals surface area contributed by atoms with Crippen molar-refractivity contribution in [3.05, 3.63) is 29.3 Å². The molecular weight excluding hydrogens is 300 g/mol. The summed E-state index contributed by atoms with van der Waals surface area (Å²) in [4.78, 5) is 26.1. The second-order valence-corrected chi connectivity index (χ2v) is 6.92. The van der Waals surface area contributed by atoms with Crippen molar-refractivity contribution in [2.45, 2.75) is 71.8 Å². The fourth-order valence-electron chi connectivity index (χ4n) is 3.60. The minimum atomic E-state index is -0.0188. The number of aryl methyl sites for hydroxylation is 2. The normalized spacial score (nSPS) is 15.6. The number of carbonyl (C=O) groups is 2. The van der Waals surface area contributed by atoms with E-state index in [1.807, 2.05) is 32.0 Å². The van der Waals surface area contributed by atoms with Gasteiger partial charge in [-0.15, -0.1) is 0 Å². The van der Waals surface area contributed by atoms with Gasteiger partial charge in [-0.2, -0.15) is 0 Å². The molecular formula is C20H30N2O2. The van der Waals surface area contributed by atoms with E-state index < -0.39 is 0 Å². The zero-order valence-electron chi connectivity index (χ0n) is 15.2. The van der Waals surface area contributed by atoms with Crippen LogP contribution in [-0.2, 0) is 9.59 Å². The van der Waals surface area contributed by atoms with Crippen LogP contribution in [0.1, 0.15) is 63.0 Å². The lowest BCUT2D eigenvalue weighted by atomic mass is 10.1. The lowest BCUT2D eigenvalue weighted by molar-refractivity contribution is -0.121. The number of carbonyl (C=O) groups excluding carboxylic acids is 2. The first kappa shape index (κ1) is 18.5. The number of amides is 2. The Morgan fingerprint density at radius 2 is 1.67 bits per heavy atom. The van der Waals surface area contributed by atoms with E-state index in [2.05, 4.69) is 5.32 Å². The fourth-order valence-corrected chi connectivity index (χ4v) is 3.60. The SMILES string of the molecule is CC(=O)N(CCC(=O)NC1CCCCCC1)c1c(C)cccc1C. The summed E-state index contributed by atoms with van der Waals surface area (Å²) in [5.74, 6) is 0.0362. The summed E-state index contributed by atoms with van der Waals surface area (Å²) in [5.41, 5.74) is 3.07. The number of nitrogens with zero attached hydrogens (tertiary/aromatic N) is 1. The molecule has 2 rings (SSSR count). The Hall–Kier alpha value is -1.84. The Morgan fingerprint density at radius 1 is 1.08 bits per heavy atom. The van der Waals surface area contributed by atoms with Crippen LogP contribution < -0.4 is 10.2 Å². The van der Waals surface area contributed by atoms with Crippen molar-refractivity contribution in [1.29, 1.82) is 0 Å². The fraction of sp³-hybridized carbons (Fsp3) is 0.600. The number of nitrogens with one attached hydrogen (secondary N) is 1. The Morgan fingerprint density at radius 3 is 2.21 bits per heavy atom. The van der Waals surface area contributed by atoms with E-state index in [1.54, 1.807) is 11.8 Å². The van der Waals surface area contributed by atoms with E-state index >= 15 is 0 Å². The van der Waals surface area contributed by atoms with Crippen LogP contribution >= 0.6 is 0 Å². The third-order valence-electron chi connectivity index (χ3n) is 4.87. The van der Waals surface area contributed by atoms with Crippen LogP contribution in [0.25, 0.3) is 0 Å². The van der Waals surface area contributed by atoms with Crippen LogP contribution in [0.5, 0.6) is 0 Å². The van der Waals surface area contributed by atoms with E-state index in [0.29, 0.717) is 19.0 Å². The first-order valence-electron chi connectivity index (χ1n) is 9.12. The first-order valence-corrected chi connectivity index (χ1v) is 9.12. The molecule has 0 saturated heterocycles. The number of rotatable bonds is 5. The molecule has 132 valence electrons. The van der Waals surface area contributed by atoms with Gasteiger partial charge >= 0.3 is 0 Å². The van der Waals surface area contributed by atoms with Gasteiger partial charge in [-0.1, -0.05) is 43.9 Å². The Kier molecular flexibility index (Phi) is 6.83. The zero-order valence-corrected chi connectivity index (χ0v) is 15.2. The lowest BCUT2D eigenvalue weighted by Crippen LogP contribution is -2.38. The van der Waals surface area contributed by atoms with Gasteiger partial charge in [-0.3, -0.25) is 9.59 Å². The molecule has 0 atom stereocenters. The highest BCUT2D eigenvalue weighted by Crippen LogP contribution is 2.25. The van der Waals surface area contributed by atoms with Crippen LogP contribution in [0.2, 0.25) is 0 Å². The molecule has 4 nitrogen and oxygen atoms in total. The molecule has 1 aromatic rings. The molecule has 0 aromatic heterocycles. The summed E-state index contributed by atoms with van der Waals surface area (Å²) in [6.45, 7) is 6.00. The highest BCUT2D eigenvalue weighted by atomic mass is 16.2. The molecule has 0 heterocycles. The van der Waals surface area contributed by atoms with E-state index in [-0.39, 0.29) is 11.8 Å². The van der Waals surface area contributed by atoms with Crippen LogP contribution in [0.15, 0.2) is 18.2 Å². The Bertz CT molecular complexity index is 555. The van der Waals surface area contributed by atoms with Crippen molar-refractivity contribution in [2.75, 3.05) is 11.4 Å². The van der Waals surface area contributed by atoms with Gasteiger partial charge in [0.25, 0.3) is 0 Å². The molecule has 2 amide bonds. The van der Waals surface area contributed by atoms with Crippen LogP contribution in [-0.4, -0.2) is 24.4 Å². The van der Waals surface area contributed by atoms with Gasteiger partial charge in [0.2, 0.25) is 11.8 Å². The third-order valence-corrected chi connectivity index (χ3v) is 4.87. The van der Waals surface area contributed by atoms with Gasteiger partial charge in [0.05, 0.1) is 0 Å². The summed E-state index contributed by atoms with van der Waals surface area (Å²) in [5, 5.41) is 3.16. The predicted molar refractivity (Wildman–Crippen MR) is 98.2 cm³/mol. The maximum Gasteiger partial charge on any atom is 0.223 e. The Balaban J connectivity index is 1.96. The second-order valence-electron chi connectivity index (χ2n) is 6.92. The molecule has 1 fully saturated rings. The van der Waals surface area contributed by atoms with Crippen LogP contribution in [0.4, 0.5) is 5.69 Å². The molecule has 1 saturated carbocycles.